The van der Waals surface area contributed by atoms with Crippen LogP contribution in [0.15, 0.2) is 23.3 Å². The van der Waals surface area contributed by atoms with Crippen molar-refractivity contribution >= 4 is 29.1 Å². The Labute approximate surface area is 87.7 Å². The van der Waals surface area contributed by atoms with E-state index in [1.54, 1.807) is 18.2 Å². The van der Waals surface area contributed by atoms with Gasteiger partial charge < -0.3 is 4.74 Å². The van der Waals surface area contributed by atoms with Crippen molar-refractivity contribution in [1.82, 2.24) is 0 Å². The van der Waals surface area contributed by atoms with Crippen LogP contribution in [0.25, 0.3) is 0 Å². The first-order valence-electron chi connectivity index (χ1n) is 4.04. The van der Waals surface area contributed by atoms with Crippen molar-refractivity contribution in [3.63, 3.8) is 0 Å². The maximum Gasteiger partial charge on any atom is 0.206 e. The van der Waals surface area contributed by atoms with E-state index in [-0.39, 0.29) is 5.90 Å². The van der Waals surface area contributed by atoms with Crippen molar-refractivity contribution in [3.8, 4) is 0 Å². The molecule has 1 aliphatic rings. The van der Waals surface area contributed by atoms with Crippen LogP contribution in [0.5, 0.6) is 0 Å². The van der Waals surface area contributed by atoms with Crippen LogP contribution in [-0.2, 0) is 4.74 Å². The lowest BCUT2D eigenvalue weighted by Crippen LogP contribution is -2.32. The van der Waals surface area contributed by atoms with Crippen LogP contribution < -0.4 is 0 Å². The summed E-state index contributed by atoms with van der Waals surface area (Å²) in [5.74, 6) is 0.0772. The standard InChI is InChI=1S/C9H11Cl2NO/c1-2-13-8(12)9(11)5-3-7(10)4-6-9/h3-5,12H,2,6H2,1H3. The second kappa shape index (κ2) is 4.16. The van der Waals surface area contributed by atoms with Crippen LogP contribution in [0, 0.1) is 5.41 Å². The van der Waals surface area contributed by atoms with Gasteiger partial charge in [-0.3, -0.25) is 5.41 Å². The third kappa shape index (κ3) is 2.48. The van der Waals surface area contributed by atoms with Gasteiger partial charge >= 0.3 is 0 Å². The number of hydrogen-bond donors (Lipinski definition) is 1. The molecule has 0 aromatic heterocycles. The third-order valence-corrected chi connectivity index (χ3v) is 2.50. The van der Waals surface area contributed by atoms with E-state index in [0.717, 1.165) is 0 Å². The molecule has 1 aliphatic carbocycles. The minimum absolute atomic E-state index is 0.0772. The van der Waals surface area contributed by atoms with Gasteiger partial charge in [-0.25, -0.2) is 0 Å². The second-order valence-corrected chi connectivity index (χ2v) is 3.86. The highest BCUT2D eigenvalue weighted by Gasteiger charge is 2.32. The van der Waals surface area contributed by atoms with Crippen LogP contribution >= 0.6 is 23.2 Å². The summed E-state index contributed by atoms with van der Waals surface area (Å²) in [7, 11) is 0. The van der Waals surface area contributed by atoms with Gasteiger partial charge in [0.2, 0.25) is 5.90 Å². The summed E-state index contributed by atoms with van der Waals surface area (Å²) in [6, 6.07) is 0. The summed E-state index contributed by atoms with van der Waals surface area (Å²) in [6.45, 7) is 2.28. The van der Waals surface area contributed by atoms with Gasteiger partial charge in [0.05, 0.1) is 6.61 Å². The number of halogens is 2. The van der Waals surface area contributed by atoms with E-state index in [2.05, 4.69) is 0 Å². The highest BCUT2D eigenvalue weighted by molar-refractivity contribution is 6.37. The monoisotopic (exact) mass is 219 g/mol. The van der Waals surface area contributed by atoms with Crippen LogP contribution in [0.3, 0.4) is 0 Å². The molecule has 0 aromatic carbocycles. The minimum atomic E-state index is -0.839. The topological polar surface area (TPSA) is 33.1 Å². The predicted molar refractivity (Wildman–Crippen MR) is 55.6 cm³/mol. The summed E-state index contributed by atoms with van der Waals surface area (Å²) in [4.78, 5) is -0.839. The van der Waals surface area contributed by atoms with Gasteiger partial charge in [0.15, 0.2) is 0 Å². The fraction of sp³-hybridized carbons (Fsp3) is 0.444. The van der Waals surface area contributed by atoms with E-state index in [0.29, 0.717) is 18.1 Å². The fourth-order valence-corrected chi connectivity index (χ4v) is 1.36. The van der Waals surface area contributed by atoms with Gasteiger partial charge in [0, 0.05) is 5.03 Å². The minimum Gasteiger partial charge on any atom is -0.480 e. The van der Waals surface area contributed by atoms with Gasteiger partial charge in [0.1, 0.15) is 4.87 Å². The van der Waals surface area contributed by atoms with Gasteiger partial charge in [-0.15, -0.1) is 11.6 Å². The molecular weight excluding hydrogens is 209 g/mol. The van der Waals surface area contributed by atoms with E-state index in [1.807, 2.05) is 6.92 Å². The smallest absolute Gasteiger partial charge is 0.206 e. The molecule has 0 aliphatic heterocycles. The third-order valence-electron chi connectivity index (χ3n) is 1.77. The molecule has 72 valence electrons. The molecule has 4 heteroatoms. The summed E-state index contributed by atoms with van der Waals surface area (Å²) < 4.78 is 5.05. The van der Waals surface area contributed by atoms with Crippen molar-refractivity contribution in [2.24, 2.45) is 0 Å². The Morgan fingerprint density at radius 1 is 1.77 bits per heavy atom. The zero-order chi connectivity index (χ0) is 9.90. The molecule has 0 saturated heterocycles. The molecule has 0 aromatic rings. The molecule has 13 heavy (non-hydrogen) atoms. The zero-order valence-corrected chi connectivity index (χ0v) is 8.82. The molecule has 0 fully saturated rings. The molecule has 0 spiro atoms. The van der Waals surface area contributed by atoms with Crippen molar-refractivity contribution in [2.75, 3.05) is 6.61 Å². The molecule has 1 atom stereocenters. The van der Waals surface area contributed by atoms with Gasteiger partial charge in [-0.1, -0.05) is 23.8 Å². The normalized spacial score (nSPS) is 26.8. The molecule has 2 nitrogen and oxygen atoms in total. The van der Waals surface area contributed by atoms with E-state index in [9.17, 15) is 0 Å². The summed E-state index contributed by atoms with van der Waals surface area (Å²) >= 11 is 11.9. The first-order chi connectivity index (χ1) is 6.08. The number of ether oxygens (including phenoxy) is 1. The predicted octanol–water partition coefficient (Wildman–Crippen LogP) is 3.06. The Balaban J connectivity index is 2.70. The lowest BCUT2D eigenvalue weighted by Gasteiger charge is -2.24. The maximum atomic E-state index is 7.57. The number of alkyl halides is 1. The van der Waals surface area contributed by atoms with Crippen molar-refractivity contribution in [2.45, 2.75) is 18.2 Å². The number of hydrogen-bond acceptors (Lipinski definition) is 2. The zero-order valence-electron chi connectivity index (χ0n) is 7.31. The van der Waals surface area contributed by atoms with Crippen LogP contribution in [0.2, 0.25) is 0 Å². The summed E-state index contributed by atoms with van der Waals surface area (Å²) in [5, 5.41) is 8.22. The van der Waals surface area contributed by atoms with Gasteiger partial charge in [-0.2, -0.15) is 0 Å². The Morgan fingerprint density at radius 2 is 2.46 bits per heavy atom. The average molecular weight is 220 g/mol. The van der Waals surface area contributed by atoms with Crippen molar-refractivity contribution in [3.05, 3.63) is 23.3 Å². The fourth-order valence-electron chi connectivity index (χ4n) is 1.03. The van der Waals surface area contributed by atoms with E-state index in [1.165, 1.54) is 0 Å². The quantitative estimate of drug-likeness (QED) is 0.433. The number of nitrogens with one attached hydrogen (secondary N) is 1. The molecule has 1 unspecified atom stereocenters. The first kappa shape index (κ1) is 10.6. The van der Waals surface area contributed by atoms with E-state index in [4.69, 9.17) is 33.3 Å². The van der Waals surface area contributed by atoms with Gasteiger partial charge in [0.25, 0.3) is 0 Å². The highest BCUT2D eigenvalue weighted by Crippen LogP contribution is 2.30. The Morgan fingerprint density at radius 3 is 2.92 bits per heavy atom. The molecule has 0 heterocycles. The lowest BCUT2D eigenvalue weighted by atomic mass is 9.99. The Bertz CT molecular complexity index is 273. The number of allylic oxidation sites excluding steroid dienone is 3. The Kier molecular flexibility index (Phi) is 3.40. The van der Waals surface area contributed by atoms with E-state index >= 15 is 0 Å². The molecule has 0 amide bonds. The average Bonchev–Trinajstić information content (AvgIpc) is 2.11. The van der Waals surface area contributed by atoms with Crippen LogP contribution in [-0.4, -0.2) is 17.4 Å². The van der Waals surface area contributed by atoms with E-state index < -0.39 is 4.87 Å². The van der Waals surface area contributed by atoms with Crippen molar-refractivity contribution in [1.29, 1.82) is 5.41 Å². The molecule has 0 bridgehead atoms. The summed E-state index contributed by atoms with van der Waals surface area (Å²) in [5.41, 5.74) is 0. The molecular formula is C9H11Cl2NO. The Hall–Kier alpha value is -0.470. The highest BCUT2D eigenvalue weighted by atomic mass is 35.5. The lowest BCUT2D eigenvalue weighted by molar-refractivity contribution is 0.308. The SMILES string of the molecule is CCOC(=N)C1(Cl)C=CC(Cl)=CC1. The van der Waals surface area contributed by atoms with Crippen molar-refractivity contribution < 1.29 is 4.74 Å². The second-order valence-electron chi connectivity index (χ2n) is 2.75. The number of rotatable bonds is 2. The first-order valence-corrected chi connectivity index (χ1v) is 4.79. The summed E-state index contributed by atoms with van der Waals surface area (Å²) in [6.07, 6.45) is 5.66. The molecule has 1 N–H and O–H groups in total. The van der Waals surface area contributed by atoms with Crippen LogP contribution in [0.4, 0.5) is 0 Å². The largest absolute Gasteiger partial charge is 0.480 e. The maximum absolute atomic E-state index is 7.57. The molecule has 1 rings (SSSR count). The molecule has 0 saturated carbocycles. The van der Waals surface area contributed by atoms with Gasteiger partial charge in [-0.05, 0) is 19.4 Å². The van der Waals surface area contributed by atoms with Crippen LogP contribution in [0.1, 0.15) is 13.3 Å². The molecule has 0 radical (unpaired) electrons.